The Morgan fingerprint density at radius 1 is 1.50 bits per heavy atom. The third-order valence-electron chi connectivity index (χ3n) is 3.93. The third-order valence-corrected chi connectivity index (χ3v) is 3.93. The van der Waals surface area contributed by atoms with Crippen LogP contribution < -0.4 is 5.32 Å². The molecule has 1 heterocycles. The maximum Gasteiger partial charge on any atom is 0.407 e. The fourth-order valence-electron chi connectivity index (χ4n) is 2.76. The van der Waals surface area contributed by atoms with Crippen LogP contribution in [0.3, 0.4) is 0 Å². The van der Waals surface area contributed by atoms with Gasteiger partial charge in [-0.3, -0.25) is 9.80 Å². The molecule has 1 aliphatic heterocycles. The normalized spacial score (nSPS) is 20.5. The molecule has 1 amide bonds. The molecule has 0 fully saturated rings. The van der Waals surface area contributed by atoms with Crippen molar-refractivity contribution in [3.05, 3.63) is 35.2 Å². The molecule has 1 unspecified atom stereocenters. The van der Waals surface area contributed by atoms with Crippen molar-refractivity contribution in [2.24, 2.45) is 5.10 Å². The number of amides is 1. The zero-order valence-corrected chi connectivity index (χ0v) is 13.5. The van der Waals surface area contributed by atoms with Crippen LogP contribution in [0.1, 0.15) is 32.8 Å². The van der Waals surface area contributed by atoms with Gasteiger partial charge < -0.3 is 5.32 Å². The number of nitrogens with zero attached hydrogens (tertiary/aromatic N) is 3. The van der Waals surface area contributed by atoms with E-state index in [0.717, 1.165) is 17.8 Å². The Hall–Kier alpha value is -2.56. The molecule has 1 atom stereocenters. The van der Waals surface area contributed by atoms with Crippen LogP contribution in [0, 0.1) is 6.57 Å². The summed E-state index contributed by atoms with van der Waals surface area (Å²) in [6, 6.07) is 3.14. The summed E-state index contributed by atoms with van der Waals surface area (Å²) in [5.74, 6) is -0.436. The van der Waals surface area contributed by atoms with E-state index in [1.807, 2.05) is 6.92 Å². The van der Waals surface area contributed by atoms with Gasteiger partial charge >= 0.3 is 6.18 Å². The summed E-state index contributed by atoms with van der Waals surface area (Å²) in [5.41, 5.74) is -1.72. The minimum atomic E-state index is -4.66. The van der Waals surface area contributed by atoms with Crippen LogP contribution in [0.15, 0.2) is 23.3 Å². The van der Waals surface area contributed by atoms with Crippen LogP contribution >= 0.6 is 0 Å². The Labute approximate surface area is 138 Å². The number of alkyl halides is 3. The molecular weight excluding hydrogens is 321 g/mol. The molecular formula is C16H17F3N4O. The number of carbonyl (C=O) groups is 1. The molecule has 1 aromatic carbocycles. The van der Waals surface area contributed by atoms with Crippen molar-refractivity contribution in [1.29, 1.82) is 0 Å². The van der Waals surface area contributed by atoms with E-state index in [-0.39, 0.29) is 5.69 Å². The number of hydrogen-bond donors (Lipinski definition) is 1. The van der Waals surface area contributed by atoms with Crippen LogP contribution in [0.2, 0.25) is 0 Å². The average Bonchev–Trinajstić information content (AvgIpc) is 2.81. The largest absolute Gasteiger partial charge is 0.407 e. The van der Waals surface area contributed by atoms with Gasteiger partial charge in [-0.15, -0.1) is 0 Å². The Bertz CT molecular complexity index is 736. The second-order valence-corrected chi connectivity index (χ2v) is 5.80. The Balaban J connectivity index is 2.29. The zero-order valence-electron chi connectivity index (χ0n) is 13.5. The molecule has 24 heavy (non-hydrogen) atoms. The minimum absolute atomic E-state index is 0.00144. The summed E-state index contributed by atoms with van der Waals surface area (Å²) in [7, 11) is 0. The second-order valence-electron chi connectivity index (χ2n) is 5.80. The van der Waals surface area contributed by atoms with Crippen LogP contribution in [-0.2, 0) is 11.0 Å². The zero-order chi connectivity index (χ0) is 18.1. The first-order valence-electron chi connectivity index (χ1n) is 7.33. The number of halogens is 3. The highest BCUT2D eigenvalue weighted by Crippen LogP contribution is 2.38. The first-order chi connectivity index (χ1) is 11.1. The third kappa shape index (κ3) is 3.20. The first-order valence-corrected chi connectivity index (χ1v) is 7.33. The highest BCUT2D eigenvalue weighted by atomic mass is 19.4. The molecule has 1 N–H and O–H groups in total. The van der Waals surface area contributed by atoms with Gasteiger partial charge in [0.25, 0.3) is 5.91 Å². The number of rotatable bonds is 3. The van der Waals surface area contributed by atoms with E-state index < -0.39 is 28.9 Å². The van der Waals surface area contributed by atoms with E-state index in [1.54, 1.807) is 18.9 Å². The molecule has 1 aromatic rings. The maximum absolute atomic E-state index is 13.0. The van der Waals surface area contributed by atoms with E-state index in [1.165, 1.54) is 6.07 Å². The van der Waals surface area contributed by atoms with Gasteiger partial charge in [0, 0.05) is 24.4 Å². The smallest absolute Gasteiger partial charge is 0.324 e. The molecule has 8 heteroatoms. The van der Waals surface area contributed by atoms with Gasteiger partial charge in [-0.2, -0.15) is 18.3 Å². The molecule has 2 rings (SSSR count). The van der Waals surface area contributed by atoms with Crippen LogP contribution in [0.4, 0.5) is 24.5 Å². The molecule has 0 bridgehead atoms. The van der Waals surface area contributed by atoms with E-state index >= 15 is 0 Å². The van der Waals surface area contributed by atoms with Crippen molar-refractivity contribution in [2.75, 3.05) is 11.9 Å². The van der Waals surface area contributed by atoms with Crippen LogP contribution in [0.5, 0.6) is 0 Å². The molecule has 0 spiro atoms. The maximum atomic E-state index is 13.0. The highest BCUT2D eigenvalue weighted by Gasteiger charge is 2.43. The van der Waals surface area contributed by atoms with Crippen molar-refractivity contribution >= 4 is 23.0 Å². The monoisotopic (exact) mass is 338 g/mol. The molecule has 0 radical (unpaired) electrons. The highest BCUT2D eigenvalue weighted by molar-refractivity contribution is 6.02. The van der Waals surface area contributed by atoms with Crippen LogP contribution in [-0.4, -0.2) is 28.7 Å². The number of likely N-dealkylation sites (N-methyl/N-ethyl adjacent to an activating group) is 1. The average molecular weight is 338 g/mol. The lowest BCUT2D eigenvalue weighted by molar-refractivity contribution is -0.137. The van der Waals surface area contributed by atoms with E-state index in [2.05, 4.69) is 15.3 Å². The quantitative estimate of drug-likeness (QED) is 0.845. The summed E-state index contributed by atoms with van der Waals surface area (Å²) in [6.07, 6.45) is -4.26. The number of hydrazone groups is 1. The van der Waals surface area contributed by atoms with Gasteiger partial charge in [0.05, 0.1) is 12.1 Å². The van der Waals surface area contributed by atoms with Gasteiger partial charge in [0.2, 0.25) is 0 Å². The second kappa shape index (κ2) is 6.15. The fourth-order valence-corrected chi connectivity index (χ4v) is 2.76. The minimum Gasteiger partial charge on any atom is -0.324 e. The molecule has 0 saturated carbocycles. The summed E-state index contributed by atoms with van der Waals surface area (Å²) >= 11 is 0. The van der Waals surface area contributed by atoms with Crippen LogP contribution in [0.25, 0.3) is 4.85 Å². The summed E-state index contributed by atoms with van der Waals surface area (Å²) in [6.45, 7) is 12.7. The Kier molecular flexibility index (Phi) is 4.56. The molecule has 0 aromatic heterocycles. The number of hydrogen-bond acceptors (Lipinski definition) is 3. The van der Waals surface area contributed by atoms with E-state index in [4.69, 9.17) is 6.57 Å². The standard InChI is InChI=1S/C16H17F3N4O/c1-5-23-15(3,9-10(2)22-23)14(24)21-11-6-7-13(20-4)12(8-11)16(17,18)19/h6-8H,5,9H2,1-3H3,(H,21,24). The van der Waals surface area contributed by atoms with Gasteiger partial charge in [0.15, 0.2) is 5.69 Å². The number of carbonyl (C=O) groups excluding carboxylic acids is 1. The topological polar surface area (TPSA) is 49.1 Å². The molecule has 5 nitrogen and oxygen atoms in total. The number of benzene rings is 1. The lowest BCUT2D eigenvalue weighted by Crippen LogP contribution is -2.50. The Morgan fingerprint density at radius 2 is 2.17 bits per heavy atom. The van der Waals surface area contributed by atoms with Crippen molar-refractivity contribution in [2.45, 2.75) is 38.9 Å². The molecule has 1 aliphatic rings. The molecule has 0 aliphatic carbocycles. The van der Waals surface area contributed by atoms with Gasteiger partial charge in [0.1, 0.15) is 5.54 Å². The van der Waals surface area contributed by atoms with E-state index in [9.17, 15) is 18.0 Å². The van der Waals surface area contributed by atoms with Crippen molar-refractivity contribution in [3.8, 4) is 0 Å². The van der Waals surface area contributed by atoms with Crippen molar-refractivity contribution in [1.82, 2.24) is 5.01 Å². The molecule has 128 valence electrons. The van der Waals surface area contributed by atoms with Gasteiger partial charge in [-0.05, 0) is 32.9 Å². The van der Waals surface area contributed by atoms with Gasteiger partial charge in [-0.1, -0.05) is 6.07 Å². The SMILES string of the molecule is [C-]#[N+]c1ccc(NC(=O)C2(C)CC(C)=NN2CC)cc1C(F)(F)F. The van der Waals surface area contributed by atoms with Crippen molar-refractivity contribution in [3.63, 3.8) is 0 Å². The lowest BCUT2D eigenvalue weighted by Gasteiger charge is -2.32. The lowest BCUT2D eigenvalue weighted by atomic mass is 9.94. The summed E-state index contributed by atoms with van der Waals surface area (Å²) < 4.78 is 39.0. The number of nitrogens with one attached hydrogen (secondary N) is 1. The predicted octanol–water partition coefficient (Wildman–Crippen LogP) is 4.05. The number of anilines is 1. The summed E-state index contributed by atoms with van der Waals surface area (Å²) in [4.78, 5) is 15.5. The first kappa shape index (κ1) is 17.8. The van der Waals surface area contributed by atoms with E-state index in [0.29, 0.717) is 13.0 Å². The fraction of sp³-hybridized carbons (Fsp3) is 0.438. The Morgan fingerprint density at radius 3 is 2.71 bits per heavy atom. The van der Waals surface area contributed by atoms with Gasteiger partial charge in [-0.25, -0.2) is 4.85 Å². The molecule has 0 saturated heterocycles. The predicted molar refractivity (Wildman–Crippen MR) is 84.8 cm³/mol. The van der Waals surface area contributed by atoms with Crippen molar-refractivity contribution < 1.29 is 18.0 Å². The summed E-state index contributed by atoms with van der Waals surface area (Å²) in [5, 5.41) is 8.41.